The van der Waals surface area contributed by atoms with Crippen LogP contribution in [0.3, 0.4) is 0 Å². The van der Waals surface area contributed by atoms with Crippen molar-refractivity contribution < 1.29 is 0 Å². The van der Waals surface area contributed by atoms with E-state index in [4.69, 9.17) is 23.2 Å². The molecule has 3 aromatic carbocycles. The van der Waals surface area contributed by atoms with E-state index in [2.05, 4.69) is 76.6 Å². The van der Waals surface area contributed by atoms with Crippen LogP contribution in [-0.2, 0) is 12.8 Å². The SMILES string of the molecule is CC(Sc1ccccc1)[Se]P(=[Se])(CCc1ccc(Cl)cc1)CCc1ccc(Cl)cc1. The molecule has 0 fully saturated rings. The summed E-state index contributed by atoms with van der Waals surface area (Å²) in [5.74, 6) is 0. The van der Waals surface area contributed by atoms with Gasteiger partial charge in [0, 0.05) is 0 Å². The Labute approximate surface area is 208 Å². The molecule has 0 nitrogen and oxygen atoms in total. The van der Waals surface area contributed by atoms with E-state index in [-0.39, 0.29) is 0 Å². The topological polar surface area (TPSA) is 0 Å². The Hall–Kier alpha value is 0.0590. The van der Waals surface area contributed by atoms with Crippen LogP contribution >= 0.6 is 39.2 Å². The fraction of sp³-hybridized carbons (Fsp3) is 0.250. The van der Waals surface area contributed by atoms with E-state index in [1.54, 1.807) is 0 Å². The van der Waals surface area contributed by atoms with Gasteiger partial charge in [-0.05, 0) is 0 Å². The van der Waals surface area contributed by atoms with Gasteiger partial charge in [-0.2, -0.15) is 0 Å². The van der Waals surface area contributed by atoms with E-state index < -0.39 is 4.20 Å². The number of hydrogen-bond donors (Lipinski definition) is 0. The normalized spacial score (nSPS) is 12.6. The first kappa shape index (κ1) is 24.7. The molecule has 3 rings (SSSR count). The van der Waals surface area contributed by atoms with Crippen molar-refractivity contribution in [3.05, 3.63) is 100 Å². The van der Waals surface area contributed by atoms with E-state index in [1.807, 2.05) is 36.0 Å². The predicted molar refractivity (Wildman–Crippen MR) is 140 cm³/mol. The van der Waals surface area contributed by atoms with E-state index in [0.717, 1.165) is 22.9 Å². The van der Waals surface area contributed by atoms with E-state index in [0.29, 0.717) is 18.7 Å². The van der Waals surface area contributed by atoms with Crippen LogP contribution in [0.1, 0.15) is 18.1 Å². The molecule has 0 aliphatic carbocycles. The van der Waals surface area contributed by atoms with Gasteiger partial charge in [0.05, 0.1) is 0 Å². The van der Waals surface area contributed by atoms with Gasteiger partial charge >= 0.3 is 210 Å². The summed E-state index contributed by atoms with van der Waals surface area (Å²) in [7, 11) is 0. The van der Waals surface area contributed by atoms with Crippen LogP contribution in [0.5, 0.6) is 0 Å². The van der Waals surface area contributed by atoms with Crippen molar-refractivity contribution in [2.45, 2.75) is 28.8 Å². The van der Waals surface area contributed by atoms with Crippen molar-refractivity contribution in [1.29, 1.82) is 0 Å². The van der Waals surface area contributed by atoms with E-state index in [1.165, 1.54) is 28.3 Å². The fourth-order valence-electron chi connectivity index (χ4n) is 3.10. The minimum absolute atomic E-state index is 0.562. The van der Waals surface area contributed by atoms with Gasteiger partial charge in [-0.3, -0.25) is 0 Å². The first-order valence-corrected chi connectivity index (χ1v) is 19.1. The van der Waals surface area contributed by atoms with Gasteiger partial charge in [0.25, 0.3) is 0 Å². The maximum absolute atomic E-state index is 6.07. The molecule has 0 saturated heterocycles. The van der Waals surface area contributed by atoms with Gasteiger partial charge in [0.1, 0.15) is 0 Å². The van der Waals surface area contributed by atoms with Crippen molar-refractivity contribution in [2.24, 2.45) is 0 Å². The first-order valence-electron chi connectivity index (χ1n) is 9.89. The number of thioether (sulfide) groups is 1. The molecular weight excluding hydrogens is 580 g/mol. The zero-order valence-corrected chi connectivity index (χ0v) is 23.5. The third kappa shape index (κ3) is 8.54. The van der Waals surface area contributed by atoms with E-state index in [9.17, 15) is 0 Å². The zero-order chi connectivity index (χ0) is 21.4. The minimum atomic E-state index is -1.17. The average molecular weight is 605 g/mol. The summed E-state index contributed by atoms with van der Waals surface area (Å²) in [6, 6.07) is 27.5. The zero-order valence-electron chi connectivity index (χ0n) is 16.8. The van der Waals surface area contributed by atoms with Crippen LogP contribution < -0.4 is 0 Å². The van der Waals surface area contributed by atoms with Crippen molar-refractivity contribution >= 4 is 68.8 Å². The summed E-state index contributed by atoms with van der Waals surface area (Å²) < 4.78 is -0.523. The Morgan fingerprint density at radius 1 is 0.800 bits per heavy atom. The van der Waals surface area contributed by atoms with Crippen LogP contribution in [-0.4, -0.2) is 46.1 Å². The average Bonchev–Trinajstić information content (AvgIpc) is 2.74. The van der Waals surface area contributed by atoms with Gasteiger partial charge < -0.3 is 0 Å². The molecule has 1 atom stereocenters. The Morgan fingerprint density at radius 3 is 1.73 bits per heavy atom. The van der Waals surface area contributed by atoms with Crippen molar-refractivity contribution in [2.75, 3.05) is 12.3 Å². The molecule has 0 radical (unpaired) electrons. The number of rotatable bonds is 10. The molecule has 6 heteroatoms. The summed E-state index contributed by atoms with van der Waals surface area (Å²) in [4.78, 5) is 1.37. The molecule has 0 aliphatic heterocycles. The second-order valence-corrected chi connectivity index (χ2v) is 27.9. The molecule has 0 saturated carbocycles. The fourth-order valence-corrected chi connectivity index (χ4v) is 23.6. The molecule has 158 valence electrons. The summed E-state index contributed by atoms with van der Waals surface area (Å²) >= 11 is 18.5. The second-order valence-electron chi connectivity index (χ2n) is 7.12. The standard InChI is InChI=1S/C24H25Cl2PSSe2/c1-19(28-24-5-3-2-4-6-24)30-27(29,17-15-20-7-11-22(25)12-8-20)18-16-21-9-13-23(26)14-10-21/h2-14,19H,15-18H2,1H3. The van der Waals surface area contributed by atoms with Crippen LogP contribution in [0.15, 0.2) is 83.8 Å². The monoisotopic (exact) mass is 606 g/mol. The number of benzene rings is 3. The third-order valence-electron chi connectivity index (χ3n) is 4.69. The molecule has 3 aromatic rings. The van der Waals surface area contributed by atoms with Crippen LogP contribution in [0.25, 0.3) is 0 Å². The molecule has 1 unspecified atom stereocenters. The molecule has 0 aliphatic rings. The third-order valence-corrected chi connectivity index (χ3v) is 22.2. The predicted octanol–water partition coefficient (Wildman–Crippen LogP) is 7.64. The maximum atomic E-state index is 6.07. The molecular formula is C24H25Cl2PSSe2. The Morgan fingerprint density at radius 2 is 1.27 bits per heavy atom. The van der Waals surface area contributed by atoms with Crippen molar-refractivity contribution in [3.8, 4) is 0 Å². The van der Waals surface area contributed by atoms with Gasteiger partial charge in [-0.15, -0.1) is 0 Å². The van der Waals surface area contributed by atoms with Crippen molar-refractivity contribution in [1.82, 2.24) is 0 Å². The molecule has 0 heterocycles. The Bertz CT molecular complexity index is 909. The molecule has 0 aromatic heterocycles. The molecule has 30 heavy (non-hydrogen) atoms. The van der Waals surface area contributed by atoms with Gasteiger partial charge in [0.15, 0.2) is 0 Å². The van der Waals surface area contributed by atoms with Gasteiger partial charge in [-0.1, -0.05) is 0 Å². The number of halogens is 2. The summed E-state index contributed by atoms with van der Waals surface area (Å²) in [6.45, 7) is 2.40. The van der Waals surface area contributed by atoms with Gasteiger partial charge in [-0.25, -0.2) is 0 Å². The van der Waals surface area contributed by atoms with Crippen LogP contribution in [0.4, 0.5) is 0 Å². The van der Waals surface area contributed by atoms with Gasteiger partial charge in [0.2, 0.25) is 0 Å². The van der Waals surface area contributed by atoms with Crippen molar-refractivity contribution in [3.63, 3.8) is 0 Å². The Balaban J connectivity index is 1.67. The first-order chi connectivity index (χ1) is 14.4. The molecule has 0 N–H and O–H groups in total. The number of hydrogen-bond acceptors (Lipinski definition) is 1. The summed E-state index contributed by atoms with van der Waals surface area (Å²) in [5, 5.41) is 1.62. The molecule has 0 spiro atoms. The molecule has 0 bridgehead atoms. The Kier molecular flexibility index (Phi) is 10.2. The quantitative estimate of drug-likeness (QED) is 0.130. The molecule has 0 amide bonds. The van der Waals surface area contributed by atoms with Crippen LogP contribution in [0, 0.1) is 0 Å². The summed E-state index contributed by atoms with van der Waals surface area (Å²) in [5.41, 5.74) is 2.76. The van der Waals surface area contributed by atoms with E-state index >= 15 is 0 Å². The van der Waals surface area contributed by atoms with Crippen LogP contribution in [0.2, 0.25) is 10.0 Å². The number of aryl methyl sites for hydroxylation is 2. The second kappa shape index (κ2) is 12.3. The summed E-state index contributed by atoms with van der Waals surface area (Å²) in [6.07, 6.45) is 4.73.